The lowest BCUT2D eigenvalue weighted by molar-refractivity contribution is -0.139. The number of methoxy groups -OCH3 is 2. The van der Waals surface area contributed by atoms with Crippen LogP contribution in [0.5, 0.6) is 11.5 Å². The molecule has 14 heteroatoms. The zero-order valence-electron chi connectivity index (χ0n) is 35.8. The van der Waals surface area contributed by atoms with Crippen LogP contribution in [0.15, 0.2) is 59.8 Å². The summed E-state index contributed by atoms with van der Waals surface area (Å²) in [4.78, 5) is 34.1. The molecule has 0 saturated carbocycles. The van der Waals surface area contributed by atoms with E-state index in [2.05, 4.69) is 25.7 Å². The van der Waals surface area contributed by atoms with Crippen molar-refractivity contribution in [2.45, 2.75) is 103 Å². The van der Waals surface area contributed by atoms with Gasteiger partial charge in [-0.05, 0) is 113 Å². The van der Waals surface area contributed by atoms with Gasteiger partial charge in [0, 0.05) is 50.2 Å². The van der Waals surface area contributed by atoms with E-state index >= 15 is 13.2 Å². The van der Waals surface area contributed by atoms with Crippen molar-refractivity contribution in [1.82, 2.24) is 19.9 Å². The SMILES string of the molecule is COc1ccc(CN(Cc2ccc(OC)cc2)c2cc(C)c(C(F)(F)F)c(C3Cc4nc(SC)nc(N5CCN(C(=O)OC(C)(C)C)C[C@@H]5C)c4CC3C(C)C)n2)cc1. The third kappa shape index (κ3) is 10.2. The van der Waals surface area contributed by atoms with Gasteiger partial charge in [0.05, 0.1) is 31.2 Å². The average molecular weight is 835 g/mol. The molecular formula is C45H57F3N6O4S. The molecule has 1 saturated heterocycles. The van der Waals surface area contributed by atoms with Crippen LogP contribution in [0, 0.1) is 18.8 Å². The van der Waals surface area contributed by atoms with Gasteiger partial charge < -0.3 is 28.9 Å². The number of benzene rings is 2. The van der Waals surface area contributed by atoms with E-state index < -0.39 is 23.3 Å². The quantitative estimate of drug-likeness (QED) is 0.107. The maximum Gasteiger partial charge on any atom is 0.418 e. The van der Waals surface area contributed by atoms with Crippen LogP contribution in [0.4, 0.5) is 29.6 Å². The second-order valence-electron chi connectivity index (χ2n) is 17.0. The van der Waals surface area contributed by atoms with Crippen LogP contribution in [-0.4, -0.2) is 77.7 Å². The van der Waals surface area contributed by atoms with Crippen LogP contribution in [0.3, 0.4) is 0 Å². The Labute approximate surface area is 350 Å². The molecule has 2 unspecified atom stereocenters. The van der Waals surface area contributed by atoms with Gasteiger partial charge in [-0.1, -0.05) is 49.9 Å². The number of carbonyl (C=O) groups excluding carboxylic acids is 1. The van der Waals surface area contributed by atoms with Gasteiger partial charge in [-0.25, -0.2) is 19.7 Å². The second-order valence-corrected chi connectivity index (χ2v) is 17.7. The van der Waals surface area contributed by atoms with E-state index in [1.54, 1.807) is 32.1 Å². The number of anilines is 2. The number of ether oxygens (including phenoxy) is 3. The van der Waals surface area contributed by atoms with E-state index in [4.69, 9.17) is 29.2 Å². The van der Waals surface area contributed by atoms with Crippen molar-refractivity contribution in [1.29, 1.82) is 0 Å². The van der Waals surface area contributed by atoms with Gasteiger partial charge >= 0.3 is 12.3 Å². The zero-order valence-corrected chi connectivity index (χ0v) is 36.6. The number of rotatable bonds is 11. The number of alkyl halides is 3. The highest BCUT2D eigenvalue weighted by molar-refractivity contribution is 7.98. The number of hydrogen-bond donors (Lipinski definition) is 0. The zero-order chi connectivity index (χ0) is 42.8. The van der Waals surface area contributed by atoms with E-state index in [1.165, 1.54) is 11.8 Å². The van der Waals surface area contributed by atoms with Crippen LogP contribution in [-0.2, 0) is 36.8 Å². The molecule has 1 fully saturated rings. The van der Waals surface area contributed by atoms with Gasteiger partial charge in [-0.3, -0.25) is 0 Å². The summed E-state index contributed by atoms with van der Waals surface area (Å²) in [5.41, 5.74) is 2.51. The van der Waals surface area contributed by atoms with Crippen molar-refractivity contribution in [2.75, 3.05) is 49.9 Å². The first-order valence-electron chi connectivity index (χ1n) is 20.2. The number of amides is 1. The Morgan fingerprint density at radius 3 is 2.00 bits per heavy atom. The monoisotopic (exact) mass is 834 g/mol. The van der Waals surface area contributed by atoms with Gasteiger partial charge in [0.15, 0.2) is 5.16 Å². The summed E-state index contributed by atoms with van der Waals surface area (Å²) < 4.78 is 62.5. The summed E-state index contributed by atoms with van der Waals surface area (Å²) in [6.45, 7) is 15.6. The van der Waals surface area contributed by atoms with Crippen LogP contribution in [0.2, 0.25) is 0 Å². The summed E-state index contributed by atoms with van der Waals surface area (Å²) in [6.07, 6.45) is -2.30. The molecular weight excluding hydrogens is 778 g/mol. The number of aryl methyl sites for hydroxylation is 1. The molecule has 318 valence electrons. The standard InChI is InChI=1S/C45H57F3N6O4S/c1-27(2)34-22-36-37(49-42(59-10)51-41(36)54-20-19-52(24-29(54)4)43(55)58-44(5,6)7)23-35(34)40-39(45(46,47)48)28(3)21-38(50-40)53(25-30-11-15-32(56-8)16-12-30)26-31-13-17-33(57-9)18-14-31/h11-18,21,27,29,34-35H,19-20,22-26H2,1-10H3/t29-,34?,35?/m0/s1. The van der Waals surface area contributed by atoms with Crippen molar-refractivity contribution in [3.63, 3.8) is 0 Å². The Morgan fingerprint density at radius 1 is 0.915 bits per heavy atom. The van der Waals surface area contributed by atoms with E-state index in [1.807, 2.05) is 80.5 Å². The lowest BCUT2D eigenvalue weighted by Gasteiger charge is -2.43. The van der Waals surface area contributed by atoms with Crippen LogP contribution in [0.1, 0.15) is 86.7 Å². The smallest absolute Gasteiger partial charge is 0.418 e. The van der Waals surface area contributed by atoms with E-state index in [0.29, 0.717) is 61.6 Å². The molecule has 1 amide bonds. The maximum atomic E-state index is 15.4. The number of hydrogen-bond acceptors (Lipinski definition) is 10. The highest BCUT2D eigenvalue weighted by atomic mass is 32.2. The molecule has 2 aromatic heterocycles. The topological polar surface area (TPSA) is 93.2 Å². The van der Waals surface area contributed by atoms with Gasteiger partial charge in [0.2, 0.25) is 0 Å². The third-order valence-electron chi connectivity index (χ3n) is 11.3. The number of aromatic nitrogens is 3. The summed E-state index contributed by atoms with van der Waals surface area (Å²) in [5, 5.41) is 0.557. The molecule has 0 radical (unpaired) electrons. The van der Waals surface area contributed by atoms with Gasteiger partial charge in [-0.2, -0.15) is 13.2 Å². The van der Waals surface area contributed by atoms with Crippen LogP contribution < -0.4 is 19.3 Å². The molecule has 0 N–H and O–H groups in total. The van der Waals surface area contributed by atoms with Crippen molar-refractivity contribution < 1.29 is 32.2 Å². The van der Waals surface area contributed by atoms with Crippen molar-refractivity contribution in [3.05, 3.63) is 93.8 Å². The van der Waals surface area contributed by atoms with Crippen LogP contribution >= 0.6 is 11.8 Å². The molecule has 0 spiro atoms. The minimum atomic E-state index is -4.63. The number of halogens is 3. The number of piperazine rings is 1. The van der Waals surface area contributed by atoms with Crippen molar-refractivity contribution >= 4 is 29.5 Å². The highest BCUT2D eigenvalue weighted by Gasteiger charge is 2.44. The van der Waals surface area contributed by atoms with Gasteiger partial charge in [0.25, 0.3) is 0 Å². The van der Waals surface area contributed by atoms with Gasteiger partial charge in [-0.15, -0.1) is 0 Å². The van der Waals surface area contributed by atoms with E-state index in [9.17, 15) is 4.79 Å². The molecule has 2 aliphatic rings. The number of nitrogens with zero attached hydrogens (tertiary/aromatic N) is 6. The first-order valence-corrected chi connectivity index (χ1v) is 21.4. The second kappa shape index (κ2) is 17.9. The molecule has 3 atom stereocenters. The Morgan fingerprint density at radius 2 is 1.51 bits per heavy atom. The minimum Gasteiger partial charge on any atom is -0.497 e. The first-order chi connectivity index (χ1) is 27.9. The fourth-order valence-electron chi connectivity index (χ4n) is 8.30. The fourth-order valence-corrected chi connectivity index (χ4v) is 8.68. The predicted octanol–water partition coefficient (Wildman–Crippen LogP) is 9.74. The fraction of sp³-hybridized carbons (Fsp3) is 0.511. The predicted molar refractivity (Wildman–Crippen MR) is 227 cm³/mol. The normalized spacial score (nSPS) is 18.4. The molecule has 6 rings (SSSR count). The van der Waals surface area contributed by atoms with E-state index in [-0.39, 0.29) is 41.6 Å². The molecule has 1 aliphatic carbocycles. The minimum absolute atomic E-state index is 0.0178. The summed E-state index contributed by atoms with van der Waals surface area (Å²) in [6, 6.07) is 16.9. The lowest BCUT2D eigenvalue weighted by atomic mass is 9.70. The third-order valence-corrected chi connectivity index (χ3v) is 11.8. The highest BCUT2D eigenvalue weighted by Crippen LogP contribution is 2.48. The molecule has 4 aromatic rings. The maximum absolute atomic E-state index is 15.4. The number of thioether (sulfide) groups is 1. The van der Waals surface area contributed by atoms with Crippen molar-refractivity contribution in [3.8, 4) is 11.5 Å². The largest absolute Gasteiger partial charge is 0.497 e. The Balaban J connectivity index is 1.42. The first kappa shape index (κ1) is 43.8. The molecule has 10 nitrogen and oxygen atoms in total. The summed E-state index contributed by atoms with van der Waals surface area (Å²) >= 11 is 1.41. The average Bonchev–Trinajstić information content (AvgIpc) is 3.18. The molecule has 2 aromatic carbocycles. The summed E-state index contributed by atoms with van der Waals surface area (Å²) in [7, 11) is 3.22. The Hall–Kier alpha value is -4.72. The molecule has 59 heavy (non-hydrogen) atoms. The number of carbonyl (C=O) groups is 1. The number of fused-ring (bicyclic) bond motifs is 1. The van der Waals surface area contributed by atoms with Crippen LogP contribution in [0.25, 0.3) is 0 Å². The van der Waals surface area contributed by atoms with Gasteiger partial charge in [0.1, 0.15) is 28.7 Å². The number of pyridine rings is 1. The Bertz CT molecular complexity index is 2040. The van der Waals surface area contributed by atoms with Crippen molar-refractivity contribution in [2.24, 2.45) is 11.8 Å². The molecule has 0 bridgehead atoms. The van der Waals surface area contributed by atoms with E-state index in [0.717, 1.165) is 28.2 Å². The molecule has 1 aliphatic heterocycles. The molecule has 3 heterocycles. The Kier molecular flexibility index (Phi) is 13.3. The lowest BCUT2D eigenvalue weighted by Crippen LogP contribution is -2.55. The summed E-state index contributed by atoms with van der Waals surface area (Å²) in [5.74, 6) is 1.95.